The molecule has 0 aliphatic heterocycles. The molecule has 0 bridgehead atoms. The van der Waals surface area contributed by atoms with E-state index in [-0.39, 0.29) is 0 Å². The fourth-order valence-corrected chi connectivity index (χ4v) is 3.26. The highest BCUT2D eigenvalue weighted by molar-refractivity contribution is 14.1. The maximum atomic E-state index is 2.38. The molecule has 2 aromatic rings. The summed E-state index contributed by atoms with van der Waals surface area (Å²) in [5.74, 6) is 0. The van der Waals surface area contributed by atoms with Gasteiger partial charge in [0, 0.05) is 0 Å². The van der Waals surface area contributed by atoms with Crippen LogP contribution >= 0.6 is 22.9 Å². The first-order valence-corrected chi connectivity index (χ1v) is 7.06. The van der Waals surface area contributed by atoms with Gasteiger partial charge in [-0.15, -0.1) is 0 Å². The number of nitrogens with zero attached hydrogens (tertiary/aromatic N) is 1. The Bertz CT molecular complexity index is 524. The summed E-state index contributed by atoms with van der Waals surface area (Å²) in [6, 6.07) is 13.2. The van der Waals surface area contributed by atoms with Crippen molar-refractivity contribution in [2.24, 2.45) is 0 Å². The number of halogens is 1. The Balaban J connectivity index is 2.44. The number of anilines is 2. The van der Waals surface area contributed by atoms with E-state index in [1.54, 1.807) is 0 Å². The van der Waals surface area contributed by atoms with Crippen molar-refractivity contribution in [2.45, 2.75) is 27.7 Å². The maximum absolute atomic E-state index is 2.38. The predicted molar refractivity (Wildman–Crippen MR) is 88.0 cm³/mol. The van der Waals surface area contributed by atoms with E-state index in [0.717, 1.165) is 0 Å². The molecule has 0 aliphatic rings. The average molecular weight is 351 g/mol. The molecule has 0 unspecified atom stereocenters. The second-order valence-electron chi connectivity index (χ2n) is 4.86. The molecule has 0 atom stereocenters. The van der Waals surface area contributed by atoms with Crippen LogP contribution in [0.5, 0.6) is 0 Å². The lowest BCUT2D eigenvalue weighted by Crippen LogP contribution is -2.04. The van der Waals surface area contributed by atoms with Crippen LogP contribution in [0.4, 0.5) is 11.4 Å². The summed E-state index contributed by atoms with van der Waals surface area (Å²) in [5, 5.41) is 0. The molecule has 2 heteroatoms. The second kappa shape index (κ2) is 5.31. The molecule has 0 aliphatic carbocycles. The van der Waals surface area contributed by atoms with Crippen LogP contribution in [0, 0.1) is 27.7 Å². The summed E-state index contributed by atoms with van der Waals surface area (Å²) in [5.41, 5.74) is 7.75. The SMILES string of the molecule is Cc1ccc(N(I)c2ccc(C)cc2C)c(C)c1. The van der Waals surface area contributed by atoms with Gasteiger partial charge in [-0.25, -0.2) is 0 Å². The van der Waals surface area contributed by atoms with E-state index in [0.29, 0.717) is 0 Å². The van der Waals surface area contributed by atoms with Crippen LogP contribution in [-0.4, -0.2) is 0 Å². The minimum Gasteiger partial charge on any atom is -0.282 e. The van der Waals surface area contributed by atoms with Crippen LogP contribution in [0.1, 0.15) is 22.3 Å². The summed E-state index contributed by atoms with van der Waals surface area (Å²) in [6.45, 7) is 8.59. The van der Waals surface area contributed by atoms with Gasteiger partial charge < -0.3 is 0 Å². The average Bonchev–Trinajstić information content (AvgIpc) is 2.28. The third-order valence-electron chi connectivity index (χ3n) is 3.13. The summed E-state index contributed by atoms with van der Waals surface area (Å²) < 4.78 is 2.24. The molecule has 18 heavy (non-hydrogen) atoms. The maximum Gasteiger partial charge on any atom is 0.0646 e. The van der Waals surface area contributed by atoms with E-state index in [2.05, 4.69) is 90.1 Å². The smallest absolute Gasteiger partial charge is 0.0646 e. The van der Waals surface area contributed by atoms with Crippen molar-refractivity contribution in [1.29, 1.82) is 0 Å². The molecule has 0 amide bonds. The lowest BCUT2D eigenvalue weighted by molar-refractivity contribution is 1.30. The normalized spacial score (nSPS) is 10.5. The van der Waals surface area contributed by atoms with Gasteiger partial charge in [-0.3, -0.25) is 3.11 Å². The molecule has 0 saturated carbocycles. The molecule has 0 heterocycles. The molecular formula is C16H18IN. The standard InChI is InChI=1S/C16H18IN/c1-11-5-7-15(13(3)9-11)18(17)16-8-6-12(2)10-14(16)4/h5-10H,1-4H3. The van der Waals surface area contributed by atoms with Crippen molar-refractivity contribution in [3.8, 4) is 0 Å². The van der Waals surface area contributed by atoms with Crippen LogP contribution in [-0.2, 0) is 0 Å². The second-order valence-corrected chi connectivity index (χ2v) is 5.83. The van der Waals surface area contributed by atoms with Gasteiger partial charge in [0.2, 0.25) is 0 Å². The van der Waals surface area contributed by atoms with E-state index in [4.69, 9.17) is 0 Å². The zero-order valence-corrected chi connectivity index (χ0v) is 13.4. The number of hydrogen-bond acceptors (Lipinski definition) is 1. The first-order chi connectivity index (χ1) is 8.49. The Morgan fingerprint density at radius 1 is 0.722 bits per heavy atom. The number of hydrogen-bond donors (Lipinski definition) is 0. The first kappa shape index (κ1) is 13.4. The third-order valence-corrected chi connectivity index (χ3v) is 4.17. The van der Waals surface area contributed by atoms with Crippen LogP contribution in [0.2, 0.25) is 0 Å². The van der Waals surface area contributed by atoms with Gasteiger partial charge >= 0.3 is 0 Å². The monoisotopic (exact) mass is 351 g/mol. The molecule has 2 rings (SSSR count). The predicted octanol–water partition coefficient (Wildman–Crippen LogP) is 5.41. The van der Waals surface area contributed by atoms with Crippen molar-refractivity contribution in [3.05, 3.63) is 58.7 Å². The summed E-state index contributed by atoms with van der Waals surface area (Å²) >= 11 is 2.38. The highest BCUT2D eigenvalue weighted by atomic mass is 127. The third kappa shape index (κ3) is 2.69. The number of aryl methyl sites for hydroxylation is 4. The molecule has 0 radical (unpaired) electrons. The molecule has 2 aromatic carbocycles. The Morgan fingerprint density at radius 3 is 1.44 bits per heavy atom. The van der Waals surface area contributed by atoms with Crippen molar-refractivity contribution in [2.75, 3.05) is 3.11 Å². The topological polar surface area (TPSA) is 3.24 Å². The Morgan fingerprint density at radius 2 is 1.11 bits per heavy atom. The van der Waals surface area contributed by atoms with Crippen LogP contribution in [0.3, 0.4) is 0 Å². The molecule has 1 nitrogen and oxygen atoms in total. The minimum absolute atomic E-state index is 1.26. The zero-order chi connectivity index (χ0) is 13.3. The van der Waals surface area contributed by atoms with Gasteiger partial charge in [0.25, 0.3) is 0 Å². The highest BCUT2D eigenvalue weighted by Crippen LogP contribution is 2.34. The van der Waals surface area contributed by atoms with Crippen LogP contribution < -0.4 is 3.11 Å². The first-order valence-electron chi connectivity index (χ1n) is 6.09. The largest absolute Gasteiger partial charge is 0.282 e. The van der Waals surface area contributed by atoms with Gasteiger partial charge in [0.05, 0.1) is 34.2 Å². The van der Waals surface area contributed by atoms with Gasteiger partial charge in [-0.2, -0.15) is 0 Å². The fourth-order valence-electron chi connectivity index (χ4n) is 2.18. The molecule has 0 saturated heterocycles. The zero-order valence-electron chi connectivity index (χ0n) is 11.3. The molecular weight excluding hydrogens is 333 g/mol. The minimum atomic E-state index is 1.26. The fraction of sp³-hybridized carbons (Fsp3) is 0.250. The van der Waals surface area contributed by atoms with Crippen molar-refractivity contribution in [1.82, 2.24) is 0 Å². The van der Waals surface area contributed by atoms with Gasteiger partial charge in [0.15, 0.2) is 0 Å². The van der Waals surface area contributed by atoms with E-state index in [1.165, 1.54) is 33.6 Å². The van der Waals surface area contributed by atoms with Gasteiger partial charge in [0.1, 0.15) is 0 Å². The van der Waals surface area contributed by atoms with Crippen molar-refractivity contribution >= 4 is 34.2 Å². The Labute approximate surface area is 123 Å². The molecule has 0 N–H and O–H groups in total. The Hall–Kier alpha value is -1.03. The molecule has 0 spiro atoms. The number of rotatable bonds is 2. The lowest BCUT2D eigenvalue weighted by Gasteiger charge is -2.21. The van der Waals surface area contributed by atoms with Gasteiger partial charge in [-0.05, 0) is 51.0 Å². The quantitative estimate of drug-likeness (QED) is 0.517. The summed E-state index contributed by atoms with van der Waals surface area (Å²) in [6.07, 6.45) is 0. The summed E-state index contributed by atoms with van der Waals surface area (Å²) in [7, 11) is 0. The number of benzene rings is 2. The van der Waals surface area contributed by atoms with Gasteiger partial charge in [-0.1, -0.05) is 35.4 Å². The molecule has 94 valence electrons. The van der Waals surface area contributed by atoms with E-state index >= 15 is 0 Å². The van der Waals surface area contributed by atoms with Crippen molar-refractivity contribution in [3.63, 3.8) is 0 Å². The lowest BCUT2D eigenvalue weighted by atomic mass is 10.1. The van der Waals surface area contributed by atoms with Crippen LogP contribution in [0.25, 0.3) is 0 Å². The van der Waals surface area contributed by atoms with Crippen LogP contribution in [0.15, 0.2) is 36.4 Å². The molecule has 0 fully saturated rings. The van der Waals surface area contributed by atoms with Crippen molar-refractivity contribution < 1.29 is 0 Å². The Kier molecular flexibility index (Phi) is 3.95. The van der Waals surface area contributed by atoms with E-state index in [9.17, 15) is 0 Å². The molecule has 0 aromatic heterocycles. The summed E-state index contributed by atoms with van der Waals surface area (Å²) in [4.78, 5) is 0. The highest BCUT2D eigenvalue weighted by Gasteiger charge is 2.10. The van der Waals surface area contributed by atoms with E-state index in [1.807, 2.05) is 0 Å². The van der Waals surface area contributed by atoms with E-state index < -0.39 is 0 Å².